The van der Waals surface area contributed by atoms with Gasteiger partial charge in [0.25, 0.3) is 0 Å². The van der Waals surface area contributed by atoms with Crippen molar-refractivity contribution in [2.75, 3.05) is 0 Å². The molecular weight excluding hydrogens is 196 g/mol. The fourth-order valence-corrected chi connectivity index (χ4v) is 3.98. The van der Waals surface area contributed by atoms with E-state index in [-0.39, 0.29) is 6.10 Å². The Labute approximate surface area is 99.3 Å². The molecule has 0 bridgehead atoms. The molecule has 2 fully saturated rings. The molecule has 90 valence electrons. The number of aliphatic hydroxyl groups excluding tert-OH is 1. The van der Waals surface area contributed by atoms with Gasteiger partial charge in [-0.2, -0.15) is 0 Å². The van der Waals surface area contributed by atoms with E-state index in [1.807, 2.05) is 0 Å². The summed E-state index contributed by atoms with van der Waals surface area (Å²) in [6, 6.07) is 0. The second-order valence-electron chi connectivity index (χ2n) is 5.75. The summed E-state index contributed by atoms with van der Waals surface area (Å²) in [7, 11) is 0. The molecule has 0 radical (unpaired) electrons. The topological polar surface area (TPSA) is 20.2 Å². The van der Waals surface area contributed by atoms with Gasteiger partial charge >= 0.3 is 0 Å². The zero-order chi connectivity index (χ0) is 11.7. The van der Waals surface area contributed by atoms with Crippen LogP contribution in [0.3, 0.4) is 0 Å². The molecule has 0 aromatic carbocycles. The summed E-state index contributed by atoms with van der Waals surface area (Å²) in [6.45, 7) is 10.3. The highest BCUT2D eigenvalue weighted by Gasteiger charge is 2.42. The van der Waals surface area contributed by atoms with Crippen LogP contribution in [0.25, 0.3) is 0 Å². The van der Waals surface area contributed by atoms with Crippen molar-refractivity contribution in [1.82, 2.24) is 0 Å². The largest absolute Gasteiger partial charge is 0.393 e. The first-order valence-electron chi connectivity index (χ1n) is 6.59. The zero-order valence-corrected chi connectivity index (χ0v) is 10.4. The highest BCUT2D eigenvalue weighted by molar-refractivity contribution is 5.08. The smallest absolute Gasteiger partial charge is 0.0548 e. The number of aliphatic hydroxyl groups is 1. The van der Waals surface area contributed by atoms with E-state index in [4.69, 9.17) is 0 Å². The second-order valence-corrected chi connectivity index (χ2v) is 5.75. The molecule has 0 spiro atoms. The Bertz CT molecular complexity index is 281. The fraction of sp³-hybridized carbons (Fsp3) is 0.733. The van der Waals surface area contributed by atoms with Gasteiger partial charge in [0.1, 0.15) is 0 Å². The molecule has 2 aliphatic rings. The molecule has 1 nitrogen and oxygen atoms in total. The maximum atomic E-state index is 9.90. The summed E-state index contributed by atoms with van der Waals surface area (Å²) in [5.74, 6) is 2.55. The van der Waals surface area contributed by atoms with Crippen molar-refractivity contribution in [3.8, 4) is 0 Å². The van der Waals surface area contributed by atoms with Gasteiger partial charge in [0, 0.05) is 0 Å². The summed E-state index contributed by atoms with van der Waals surface area (Å²) in [6.07, 6.45) is 7.75. The Balaban J connectivity index is 2.21. The number of hydrogen-bond acceptors (Lipinski definition) is 1. The van der Waals surface area contributed by atoms with Crippen LogP contribution in [0.2, 0.25) is 0 Å². The minimum absolute atomic E-state index is 0.104. The van der Waals surface area contributed by atoms with E-state index in [0.717, 1.165) is 12.8 Å². The molecule has 0 amide bonds. The summed E-state index contributed by atoms with van der Waals surface area (Å²) in [5, 5.41) is 9.90. The van der Waals surface area contributed by atoms with Crippen LogP contribution in [-0.4, -0.2) is 11.2 Å². The quantitative estimate of drug-likeness (QED) is 0.706. The third-order valence-electron chi connectivity index (χ3n) is 4.65. The average Bonchev–Trinajstić information content (AvgIpc) is 2.26. The van der Waals surface area contributed by atoms with E-state index < -0.39 is 0 Å². The van der Waals surface area contributed by atoms with Crippen molar-refractivity contribution >= 4 is 0 Å². The standard InChI is InChI=1S/C15H24O/c1-4-11-8-13(16)9-12-6-5-7-14(10(2)3)15(11)12/h4,11-16H,1-2,5-9H2,3H3. The first-order chi connectivity index (χ1) is 7.63. The molecule has 2 aliphatic carbocycles. The monoisotopic (exact) mass is 220 g/mol. The van der Waals surface area contributed by atoms with Crippen molar-refractivity contribution in [2.45, 2.75) is 45.1 Å². The third kappa shape index (κ3) is 2.10. The van der Waals surface area contributed by atoms with Gasteiger partial charge < -0.3 is 5.11 Å². The summed E-state index contributed by atoms with van der Waals surface area (Å²) in [4.78, 5) is 0. The summed E-state index contributed by atoms with van der Waals surface area (Å²) < 4.78 is 0. The molecule has 2 rings (SSSR count). The predicted molar refractivity (Wildman–Crippen MR) is 68.1 cm³/mol. The van der Waals surface area contributed by atoms with Gasteiger partial charge in [-0.1, -0.05) is 31.1 Å². The number of allylic oxidation sites excluding steroid dienone is 2. The van der Waals surface area contributed by atoms with Crippen LogP contribution in [0.4, 0.5) is 0 Å². The average molecular weight is 220 g/mol. The SMILES string of the molecule is C=CC1CC(O)CC2CCCC(C(=C)C)C12. The molecule has 5 unspecified atom stereocenters. The van der Waals surface area contributed by atoms with Gasteiger partial charge in [-0.25, -0.2) is 0 Å². The minimum atomic E-state index is -0.104. The maximum Gasteiger partial charge on any atom is 0.0548 e. The van der Waals surface area contributed by atoms with E-state index in [1.165, 1.54) is 24.8 Å². The fourth-order valence-electron chi connectivity index (χ4n) is 3.98. The lowest BCUT2D eigenvalue weighted by molar-refractivity contribution is 0.00333. The Kier molecular flexibility index (Phi) is 3.53. The highest BCUT2D eigenvalue weighted by atomic mass is 16.3. The van der Waals surface area contributed by atoms with E-state index in [9.17, 15) is 5.11 Å². The van der Waals surface area contributed by atoms with Crippen molar-refractivity contribution in [2.24, 2.45) is 23.7 Å². The normalized spacial score (nSPS) is 43.5. The van der Waals surface area contributed by atoms with Crippen LogP contribution < -0.4 is 0 Å². The molecule has 0 aromatic heterocycles. The number of fused-ring (bicyclic) bond motifs is 1. The van der Waals surface area contributed by atoms with Crippen LogP contribution in [-0.2, 0) is 0 Å². The lowest BCUT2D eigenvalue weighted by atomic mass is 9.59. The van der Waals surface area contributed by atoms with Crippen LogP contribution in [0, 0.1) is 23.7 Å². The van der Waals surface area contributed by atoms with Gasteiger partial charge in [0.15, 0.2) is 0 Å². The van der Waals surface area contributed by atoms with E-state index in [0.29, 0.717) is 23.7 Å². The minimum Gasteiger partial charge on any atom is -0.393 e. The summed E-state index contributed by atoms with van der Waals surface area (Å²) in [5.41, 5.74) is 1.33. The van der Waals surface area contributed by atoms with Crippen LogP contribution in [0.15, 0.2) is 24.8 Å². The van der Waals surface area contributed by atoms with Crippen molar-refractivity contribution in [1.29, 1.82) is 0 Å². The lowest BCUT2D eigenvalue weighted by Crippen LogP contribution is -2.41. The first-order valence-corrected chi connectivity index (χ1v) is 6.59. The van der Waals surface area contributed by atoms with Gasteiger partial charge in [-0.05, 0) is 49.9 Å². The molecule has 1 N–H and O–H groups in total. The highest BCUT2D eigenvalue weighted by Crippen LogP contribution is 2.49. The first kappa shape index (κ1) is 11.9. The van der Waals surface area contributed by atoms with Gasteiger partial charge in [-0.3, -0.25) is 0 Å². The predicted octanol–water partition coefficient (Wildman–Crippen LogP) is 3.55. The maximum absolute atomic E-state index is 9.90. The number of rotatable bonds is 2. The van der Waals surface area contributed by atoms with Crippen molar-refractivity contribution < 1.29 is 5.11 Å². The molecule has 0 saturated heterocycles. The van der Waals surface area contributed by atoms with Gasteiger partial charge in [-0.15, -0.1) is 6.58 Å². The van der Waals surface area contributed by atoms with Crippen LogP contribution >= 0.6 is 0 Å². The van der Waals surface area contributed by atoms with Crippen LogP contribution in [0.5, 0.6) is 0 Å². The lowest BCUT2D eigenvalue weighted by Gasteiger charge is -2.47. The Morgan fingerprint density at radius 3 is 2.69 bits per heavy atom. The summed E-state index contributed by atoms with van der Waals surface area (Å²) >= 11 is 0. The Morgan fingerprint density at radius 2 is 2.06 bits per heavy atom. The van der Waals surface area contributed by atoms with Gasteiger partial charge in [0.2, 0.25) is 0 Å². The third-order valence-corrected chi connectivity index (χ3v) is 4.65. The van der Waals surface area contributed by atoms with E-state index in [1.54, 1.807) is 0 Å². The zero-order valence-electron chi connectivity index (χ0n) is 10.4. The van der Waals surface area contributed by atoms with Crippen LogP contribution in [0.1, 0.15) is 39.0 Å². The van der Waals surface area contributed by atoms with E-state index >= 15 is 0 Å². The molecule has 1 heteroatoms. The van der Waals surface area contributed by atoms with E-state index in [2.05, 4.69) is 26.2 Å². The molecule has 0 aromatic rings. The Morgan fingerprint density at radius 1 is 1.31 bits per heavy atom. The van der Waals surface area contributed by atoms with Gasteiger partial charge in [0.05, 0.1) is 6.10 Å². The second kappa shape index (κ2) is 4.75. The molecule has 0 aliphatic heterocycles. The molecule has 0 heterocycles. The molecular formula is C15H24O. The van der Waals surface area contributed by atoms with Crippen molar-refractivity contribution in [3.05, 3.63) is 24.8 Å². The number of hydrogen-bond donors (Lipinski definition) is 1. The molecule has 5 atom stereocenters. The molecule has 2 saturated carbocycles. The van der Waals surface area contributed by atoms with Crippen molar-refractivity contribution in [3.63, 3.8) is 0 Å². The molecule has 16 heavy (non-hydrogen) atoms. The Hall–Kier alpha value is -0.560.